The molecule has 0 saturated carbocycles. The largest absolute Gasteiger partial charge is 0.438 e. The summed E-state index contributed by atoms with van der Waals surface area (Å²) < 4.78 is 6.02. The molecule has 7 heteroatoms. The Balaban J connectivity index is 1.10. The number of furan rings is 1. The maximum absolute atomic E-state index is 6.02. The van der Waals surface area contributed by atoms with Gasteiger partial charge in [0, 0.05) is 27.5 Å². The van der Waals surface area contributed by atoms with E-state index < -0.39 is 0 Å². The van der Waals surface area contributed by atoms with Crippen molar-refractivity contribution in [3.63, 3.8) is 0 Å². The van der Waals surface area contributed by atoms with Crippen molar-refractivity contribution in [3.8, 4) is 56.7 Å². The molecule has 0 radical (unpaired) electrons. The van der Waals surface area contributed by atoms with Crippen LogP contribution in [0.4, 0.5) is 0 Å². The van der Waals surface area contributed by atoms with Gasteiger partial charge in [-0.05, 0) is 47.5 Å². The molecule has 0 N–H and O–H groups in total. The van der Waals surface area contributed by atoms with E-state index in [4.69, 9.17) is 34.3 Å². The van der Waals surface area contributed by atoms with Crippen LogP contribution in [0.1, 0.15) is 0 Å². The van der Waals surface area contributed by atoms with E-state index in [9.17, 15) is 0 Å². The summed E-state index contributed by atoms with van der Waals surface area (Å²) in [5.74, 6) is 1.86. The maximum atomic E-state index is 6.02. The molecule has 47 heavy (non-hydrogen) atoms. The highest BCUT2D eigenvalue weighted by atomic mass is 16.3. The molecule has 0 aliphatic rings. The van der Waals surface area contributed by atoms with Crippen molar-refractivity contribution in [1.29, 1.82) is 0 Å². The van der Waals surface area contributed by atoms with Crippen LogP contribution in [-0.2, 0) is 0 Å². The van der Waals surface area contributed by atoms with Crippen LogP contribution in [0.25, 0.3) is 89.8 Å². The number of fused-ring (bicyclic) bond motifs is 4. The van der Waals surface area contributed by atoms with Crippen LogP contribution in [0.3, 0.4) is 0 Å². The number of hydrogen-bond donors (Lipinski definition) is 0. The highest BCUT2D eigenvalue weighted by Gasteiger charge is 2.14. The quantitative estimate of drug-likeness (QED) is 0.193. The van der Waals surface area contributed by atoms with Crippen LogP contribution in [0.5, 0.6) is 0 Å². The van der Waals surface area contributed by atoms with Crippen LogP contribution in [0, 0.1) is 0 Å². The second-order valence-electron chi connectivity index (χ2n) is 11.2. The molecule has 0 saturated heterocycles. The number of para-hydroxylation sites is 1. The Morgan fingerprint density at radius 1 is 0.383 bits per heavy atom. The summed E-state index contributed by atoms with van der Waals surface area (Å²) in [5, 5.41) is 2.02. The lowest BCUT2D eigenvalue weighted by Gasteiger charge is -2.10. The fourth-order valence-electron chi connectivity index (χ4n) is 5.84. The normalized spacial score (nSPS) is 11.4. The van der Waals surface area contributed by atoms with Gasteiger partial charge in [-0.15, -0.1) is 0 Å². The van der Waals surface area contributed by atoms with Crippen LogP contribution in [0.15, 0.2) is 150 Å². The SMILES string of the molecule is c1ccc(-c2nc(-c3ccccc3)nc(-c3cccc(-c4ccc5ncc(-c6ccc7c(n6)oc6ccccc67)nc5c4)c3)n2)cc1. The van der Waals surface area contributed by atoms with Gasteiger partial charge in [0.15, 0.2) is 17.5 Å². The molecule has 220 valence electrons. The van der Waals surface area contributed by atoms with Gasteiger partial charge in [-0.1, -0.05) is 103 Å². The topological polar surface area (TPSA) is 90.5 Å². The summed E-state index contributed by atoms with van der Waals surface area (Å²) >= 11 is 0. The first-order valence-electron chi connectivity index (χ1n) is 15.3. The van der Waals surface area contributed by atoms with E-state index in [-0.39, 0.29) is 0 Å². The van der Waals surface area contributed by atoms with Gasteiger partial charge in [0.25, 0.3) is 0 Å². The standard InChI is InChI=1S/C40H24N6O/c1-3-10-25(11-4-1)37-44-38(26-12-5-2-6-13-26)46-39(45-37)29-15-9-14-27(22-29)28-18-20-32-34(23-28)42-35(24-41-32)33-21-19-31-30-16-7-8-17-36(30)47-40(31)43-33/h1-24H. The van der Waals surface area contributed by atoms with E-state index in [0.717, 1.165) is 55.2 Å². The number of aromatic nitrogens is 6. The van der Waals surface area contributed by atoms with E-state index in [1.807, 2.05) is 115 Å². The zero-order valence-electron chi connectivity index (χ0n) is 24.9. The lowest BCUT2D eigenvalue weighted by atomic mass is 10.0. The fraction of sp³-hybridized carbons (Fsp3) is 0. The Labute approximate surface area is 269 Å². The maximum Gasteiger partial charge on any atom is 0.227 e. The average molecular weight is 605 g/mol. The Kier molecular flexibility index (Phi) is 6.31. The number of nitrogens with zero attached hydrogens (tertiary/aromatic N) is 6. The highest BCUT2D eigenvalue weighted by Crippen LogP contribution is 2.32. The summed E-state index contributed by atoms with van der Waals surface area (Å²) in [6.45, 7) is 0. The minimum absolute atomic E-state index is 0.584. The smallest absolute Gasteiger partial charge is 0.227 e. The lowest BCUT2D eigenvalue weighted by molar-refractivity contribution is 0.654. The molecular formula is C40H24N6O. The van der Waals surface area contributed by atoms with E-state index in [0.29, 0.717) is 34.6 Å². The summed E-state index contributed by atoms with van der Waals surface area (Å²) in [6.07, 6.45) is 1.76. The second-order valence-corrected chi connectivity index (χ2v) is 11.2. The van der Waals surface area contributed by atoms with Gasteiger partial charge in [-0.2, -0.15) is 0 Å². The Bertz CT molecular complexity index is 2520. The van der Waals surface area contributed by atoms with Crippen molar-refractivity contribution in [2.75, 3.05) is 0 Å². The van der Waals surface area contributed by atoms with Crippen LogP contribution in [0.2, 0.25) is 0 Å². The molecule has 7 nitrogen and oxygen atoms in total. The van der Waals surface area contributed by atoms with Crippen molar-refractivity contribution < 1.29 is 4.42 Å². The molecule has 0 aliphatic carbocycles. The summed E-state index contributed by atoms with van der Waals surface area (Å²) in [4.78, 5) is 29.1. The molecular weight excluding hydrogens is 580 g/mol. The predicted molar refractivity (Wildman–Crippen MR) is 185 cm³/mol. The van der Waals surface area contributed by atoms with E-state index >= 15 is 0 Å². The molecule has 9 rings (SSSR count). The first-order chi connectivity index (χ1) is 23.2. The zero-order valence-corrected chi connectivity index (χ0v) is 24.9. The lowest BCUT2D eigenvalue weighted by Crippen LogP contribution is -2.00. The fourth-order valence-corrected chi connectivity index (χ4v) is 5.84. The number of rotatable bonds is 5. The second kappa shape index (κ2) is 11.1. The minimum atomic E-state index is 0.584. The average Bonchev–Trinajstić information content (AvgIpc) is 3.53. The third kappa shape index (κ3) is 4.96. The predicted octanol–water partition coefficient (Wildman–Crippen LogP) is 9.44. The van der Waals surface area contributed by atoms with Gasteiger partial charge in [-0.3, -0.25) is 4.98 Å². The molecule has 4 heterocycles. The van der Waals surface area contributed by atoms with Gasteiger partial charge in [-0.25, -0.2) is 24.9 Å². The zero-order chi connectivity index (χ0) is 31.2. The van der Waals surface area contributed by atoms with Crippen LogP contribution < -0.4 is 0 Å². The van der Waals surface area contributed by atoms with Gasteiger partial charge in [0.2, 0.25) is 5.71 Å². The first kappa shape index (κ1) is 26.8. The van der Waals surface area contributed by atoms with Gasteiger partial charge in [0.1, 0.15) is 11.3 Å². The Morgan fingerprint density at radius 3 is 1.79 bits per heavy atom. The van der Waals surface area contributed by atoms with Crippen LogP contribution in [-0.4, -0.2) is 29.9 Å². The molecule has 4 aromatic heterocycles. The highest BCUT2D eigenvalue weighted by molar-refractivity contribution is 6.04. The molecule has 9 aromatic rings. The van der Waals surface area contributed by atoms with Crippen molar-refractivity contribution in [2.24, 2.45) is 0 Å². The summed E-state index contributed by atoms with van der Waals surface area (Å²) in [7, 11) is 0. The van der Waals surface area contributed by atoms with Crippen molar-refractivity contribution >= 4 is 33.1 Å². The third-order valence-electron chi connectivity index (χ3n) is 8.20. The first-order valence-corrected chi connectivity index (χ1v) is 15.3. The Morgan fingerprint density at radius 2 is 1.02 bits per heavy atom. The molecule has 0 spiro atoms. The number of benzene rings is 5. The molecule has 0 unspecified atom stereocenters. The molecule has 0 atom stereocenters. The van der Waals surface area contributed by atoms with Gasteiger partial charge < -0.3 is 4.42 Å². The summed E-state index contributed by atoms with van der Waals surface area (Å²) in [6, 6.07) is 46.3. The minimum Gasteiger partial charge on any atom is -0.438 e. The van der Waals surface area contributed by atoms with Crippen molar-refractivity contribution in [1.82, 2.24) is 29.9 Å². The van der Waals surface area contributed by atoms with Crippen LogP contribution >= 0.6 is 0 Å². The summed E-state index contributed by atoms with van der Waals surface area (Å²) in [5.41, 5.74) is 9.13. The van der Waals surface area contributed by atoms with Gasteiger partial charge >= 0.3 is 0 Å². The van der Waals surface area contributed by atoms with E-state index in [1.165, 1.54) is 0 Å². The molecule has 0 aliphatic heterocycles. The van der Waals surface area contributed by atoms with E-state index in [1.54, 1.807) is 6.20 Å². The van der Waals surface area contributed by atoms with Crippen molar-refractivity contribution in [3.05, 3.63) is 146 Å². The number of hydrogen-bond acceptors (Lipinski definition) is 7. The number of pyridine rings is 1. The van der Waals surface area contributed by atoms with E-state index in [2.05, 4.69) is 24.3 Å². The molecule has 0 bridgehead atoms. The Hall–Kier alpha value is -6.60. The molecule has 0 fully saturated rings. The van der Waals surface area contributed by atoms with Crippen molar-refractivity contribution in [2.45, 2.75) is 0 Å². The monoisotopic (exact) mass is 604 g/mol. The molecule has 5 aromatic carbocycles. The third-order valence-corrected chi connectivity index (χ3v) is 8.20. The molecule has 0 amide bonds. The van der Waals surface area contributed by atoms with Gasteiger partial charge in [0.05, 0.1) is 22.9 Å².